The number of anilines is 1. The Kier molecular flexibility index (Phi) is 12.6. The lowest BCUT2D eigenvalue weighted by molar-refractivity contribution is -0.150. The van der Waals surface area contributed by atoms with Gasteiger partial charge in [0.1, 0.15) is 17.8 Å². The number of aryl methyl sites for hydroxylation is 1. The van der Waals surface area contributed by atoms with Crippen LogP contribution >= 0.6 is 11.3 Å². The van der Waals surface area contributed by atoms with E-state index in [4.69, 9.17) is 9.97 Å². The molecule has 4 fully saturated rings. The molecule has 2 saturated heterocycles. The van der Waals surface area contributed by atoms with Crippen molar-refractivity contribution in [2.75, 3.05) is 31.1 Å². The van der Waals surface area contributed by atoms with Crippen LogP contribution in [-0.4, -0.2) is 118 Å². The molecule has 17 heteroatoms. The number of thiazole rings is 1. The number of aromatic nitrogens is 6. The van der Waals surface area contributed by atoms with Gasteiger partial charge in [-0.2, -0.15) is 0 Å². The highest BCUT2D eigenvalue weighted by Gasteiger charge is 2.57. The van der Waals surface area contributed by atoms with Crippen molar-refractivity contribution >= 4 is 46.0 Å². The van der Waals surface area contributed by atoms with Gasteiger partial charge in [0.05, 0.1) is 33.9 Å². The van der Waals surface area contributed by atoms with Crippen LogP contribution in [0.4, 0.5) is 5.95 Å². The summed E-state index contributed by atoms with van der Waals surface area (Å²) in [6.07, 6.45) is 10.1. The van der Waals surface area contributed by atoms with Crippen molar-refractivity contribution in [1.29, 1.82) is 0 Å². The molecule has 4 aromatic heterocycles. The fourth-order valence-electron chi connectivity index (χ4n) is 12.4. The third-order valence-corrected chi connectivity index (χ3v) is 17.5. The zero-order chi connectivity index (χ0) is 50.1. The number of aliphatic hydroxyl groups excluding tert-OH is 1. The van der Waals surface area contributed by atoms with Crippen molar-refractivity contribution in [2.45, 2.75) is 129 Å². The van der Waals surface area contributed by atoms with Crippen LogP contribution in [0.15, 0.2) is 72.5 Å². The Hall–Kier alpha value is -6.30. The van der Waals surface area contributed by atoms with E-state index in [9.17, 15) is 24.6 Å². The molecule has 5 aliphatic rings. The topological polar surface area (TPSA) is 206 Å². The SMILES string of the molecule is Cc1ncsc1-c1ccc(CNC(=O)C2CC(O)CN2C(=O)C(NC(=O)C2CC3(C2)CC(N2CCC(c4cnc(N5CCc6[nH]c7nnc(-c8ccccc8O)cc7c6C5C)nc4)CC2)C3)C(C)(C)C)cc1. The molecule has 3 aliphatic heterocycles. The Bertz CT molecular complexity index is 2980. The van der Waals surface area contributed by atoms with E-state index in [1.54, 1.807) is 23.5 Å². The van der Waals surface area contributed by atoms with E-state index in [1.807, 2.05) is 88.1 Å². The van der Waals surface area contributed by atoms with Gasteiger partial charge in [0.15, 0.2) is 5.65 Å². The number of nitrogens with zero attached hydrogens (tertiary/aromatic N) is 8. The van der Waals surface area contributed by atoms with Crippen LogP contribution in [-0.2, 0) is 27.3 Å². The van der Waals surface area contributed by atoms with Crippen molar-refractivity contribution in [2.24, 2.45) is 16.7 Å². The van der Waals surface area contributed by atoms with Crippen molar-refractivity contribution in [3.63, 3.8) is 0 Å². The van der Waals surface area contributed by atoms with Gasteiger partial charge in [-0.1, -0.05) is 57.2 Å². The van der Waals surface area contributed by atoms with Crippen molar-refractivity contribution < 1.29 is 24.6 Å². The number of phenolic OH excluding ortho intramolecular Hbond substituents is 1. The van der Waals surface area contributed by atoms with Crippen LogP contribution in [0.2, 0.25) is 0 Å². The Morgan fingerprint density at radius 3 is 2.38 bits per heavy atom. The first-order valence-electron chi connectivity index (χ1n) is 25.7. The first kappa shape index (κ1) is 48.0. The van der Waals surface area contributed by atoms with Gasteiger partial charge in [-0.05, 0) is 117 Å². The molecule has 7 heterocycles. The highest BCUT2D eigenvalue weighted by molar-refractivity contribution is 7.13. The maximum atomic E-state index is 14.3. The summed E-state index contributed by atoms with van der Waals surface area (Å²) < 4.78 is 0. The Morgan fingerprint density at radius 2 is 1.68 bits per heavy atom. The van der Waals surface area contributed by atoms with Crippen LogP contribution < -0.4 is 15.5 Å². The number of rotatable bonds is 11. The van der Waals surface area contributed by atoms with E-state index in [1.165, 1.54) is 10.5 Å². The summed E-state index contributed by atoms with van der Waals surface area (Å²) in [5, 5.41) is 37.2. The number of fused-ring (bicyclic) bond motifs is 3. The summed E-state index contributed by atoms with van der Waals surface area (Å²) in [5.41, 5.74) is 9.89. The molecule has 376 valence electrons. The first-order valence-corrected chi connectivity index (χ1v) is 26.5. The van der Waals surface area contributed by atoms with Gasteiger partial charge in [-0.15, -0.1) is 21.5 Å². The van der Waals surface area contributed by atoms with E-state index >= 15 is 0 Å². The van der Waals surface area contributed by atoms with Gasteiger partial charge in [0.25, 0.3) is 0 Å². The Labute approximate surface area is 424 Å². The number of hydrogen-bond donors (Lipinski definition) is 5. The zero-order valence-electron chi connectivity index (χ0n) is 41.8. The number of carbonyl (C=O) groups is 3. The van der Waals surface area contributed by atoms with Crippen LogP contribution in [0.3, 0.4) is 0 Å². The molecule has 2 aliphatic carbocycles. The second-order valence-electron chi connectivity index (χ2n) is 22.3. The van der Waals surface area contributed by atoms with Gasteiger partial charge >= 0.3 is 0 Å². The standard InChI is InChI=1S/C55H65N11O5S/c1-31-47(72-30-59-31)35-12-10-33(11-13-35)26-56-51(70)44-20-39(67)29-66(44)52(71)48(54(3,4)5)61-50(69)36-22-55(23-36)24-38(25-55)64-17-14-34(15-18-64)37-27-57-53(58-28-37)65-19-16-42-46(32(65)2)41-21-43(62-63-49(41)60-42)40-8-6-7-9-45(40)68/h6-13,21,27-28,30,32,34,36,38-39,44,48,67-68H,14-20,22-26,29H2,1-5H3,(H,56,70)(H,60,63)(H,61,69). The molecule has 5 N–H and O–H groups in total. The number of phenols is 1. The number of likely N-dealkylation sites (tertiary alicyclic amines) is 2. The Morgan fingerprint density at radius 1 is 0.944 bits per heavy atom. The number of aromatic amines is 1. The summed E-state index contributed by atoms with van der Waals surface area (Å²) in [6.45, 7) is 13.1. The largest absolute Gasteiger partial charge is 0.507 e. The second kappa shape index (κ2) is 19.0. The van der Waals surface area contributed by atoms with E-state index in [0.29, 0.717) is 29.8 Å². The minimum Gasteiger partial charge on any atom is -0.507 e. The van der Waals surface area contributed by atoms with Gasteiger partial charge in [0, 0.05) is 79.0 Å². The number of H-pyrrole nitrogens is 1. The number of aliphatic hydroxyl groups is 1. The summed E-state index contributed by atoms with van der Waals surface area (Å²) >= 11 is 1.59. The van der Waals surface area contributed by atoms with Crippen LogP contribution in [0.25, 0.3) is 32.7 Å². The summed E-state index contributed by atoms with van der Waals surface area (Å²) in [7, 11) is 0. The molecule has 16 nitrogen and oxygen atoms in total. The maximum Gasteiger partial charge on any atom is 0.246 e. The quantitative estimate of drug-likeness (QED) is 0.0873. The van der Waals surface area contributed by atoms with Gasteiger partial charge in [-0.25, -0.2) is 15.0 Å². The molecule has 0 radical (unpaired) electrons. The summed E-state index contributed by atoms with van der Waals surface area (Å²) in [5.74, 6) is 0.393. The number of piperidine rings is 1. The predicted octanol–water partition coefficient (Wildman–Crippen LogP) is 7.22. The predicted molar refractivity (Wildman–Crippen MR) is 276 cm³/mol. The molecular weight excluding hydrogens is 927 g/mol. The monoisotopic (exact) mass is 991 g/mol. The smallest absolute Gasteiger partial charge is 0.246 e. The lowest BCUT2D eigenvalue weighted by atomic mass is 9.49. The molecular formula is C55H65N11O5S. The van der Waals surface area contributed by atoms with Gasteiger partial charge in [0.2, 0.25) is 23.7 Å². The molecule has 1 spiro atoms. The highest BCUT2D eigenvalue weighted by Crippen LogP contribution is 2.60. The molecule has 3 amide bonds. The number of aromatic hydroxyl groups is 1. The molecule has 72 heavy (non-hydrogen) atoms. The second-order valence-corrected chi connectivity index (χ2v) is 23.2. The summed E-state index contributed by atoms with van der Waals surface area (Å²) in [4.78, 5) is 66.9. The van der Waals surface area contributed by atoms with Crippen molar-refractivity contribution in [3.05, 3.63) is 101 Å². The van der Waals surface area contributed by atoms with E-state index in [-0.39, 0.29) is 53.8 Å². The van der Waals surface area contributed by atoms with Gasteiger partial charge in [-0.3, -0.25) is 14.4 Å². The third-order valence-electron chi connectivity index (χ3n) is 16.5. The number of para-hydroxylation sites is 1. The van der Waals surface area contributed by atoms with E-state index in [2.05, 4.69) is 47.5 Å². The van der Waals surface area contributed by atoms with Crippen LogP contribution in [0.5, 0.6) is 5.75 Å². The fraction of sp³-hybridized carbons (Fsp3) is 0.491. The van der Waals surface area contributed by atoms with E-state index in [0.717, 1.165) is 115 Å². The molecule has 11 rings (SSSR count). The average molecular weight is 992 g/mol. The van der Waals surface area contributed by atoms with Crippen molar-refractivity contribution in [1.82, 2.24) is 50.6 Å². The molecule has 2 saturated carbocycles. The van der Waals surface area contributed by atoms with Crippen molar-refractivity contribution in [3.8, 4) is 27.4 Å². The number of nitrogens with one attached hydrogen (secondary N) is 3. The lowest BCUT2D eigenvalue weighted by Gasteiger charge is -2.60. The number of hydrogen-bond acceptors (Lipinski definition) is 13. The molecule has 4 unspecified atom stereocenters. The Balaban J connectivity index is 0.644. The number of amides is 3. The minimum absolute atomic E-state index is 0.0137. The van der Waals surface area contributed by atoms with E-state index < -0.39 is 23.6 Å². The first-order chi connectivity index (χ1) is 34.6. The third kappa shape index (κ3) is 9.12. The van der Waals surface area contributed by atoms with Crippen LogP contribution in [0, 0.1) is 23.7 Å². The normalized spacial score (nSPS) is 24.9. The maximum absolute atomic E-state index is 14.3. The highest BCUT2D eigenvalue weighted by atomic mass is 32.1. The van der Waals surface area contributed by atoms with Crippen LogP contribution in [0.1, 0.15) is 113 Å². The minimum atomic E-state index is -0.841. The molecule has 6 aromatic rings. The molecule has 2 aromatic carbocycles. The molecule has 4 atom stereocenters. The fourth-order valence-corrected chi connectivity index (χ4v) is 13.3. The van der Waals surface area contributed by atoms with Gasteiger partial charge < -0.3 is 40.5 Å². The number of β-amino-alcohol motifs (C(OH)–C–C–N with tert-alkyl or cyclic N) is 1. The average Bonchev–Trinajstić information content (AvgIpc) is 4.08. The number of benzene rings is 2. The zero-order valence-corrected chi connectivity index (χ0v) is 42.6. The summed E-state index contributed by atoms with van der Waals surface area (Å²) in [6, 6.07) is 16.1. The number of carbonyl (C=O) groups excluding carboxylic acids is 3. The molecule has 0 bridgehead atoms. The lowest BCUT2D eigenvalue weighted by Crippen LogP contribution is -2.62.